The van der Waals surface area contributed by atoms with Gasteiger partial charge in [0.1, 0.15) is 0 Å². The Bertz CT molecular complexity index is 437. The van der Waals surface area contributed by atoms with E-state index < -0.39 is 0 Å². The van der Waals surface area contributed by atoms with Crippen molar-refractivity contribution in [2.24, 2.45) is 5.41 Å². The van der Waals surface area contributed by atoms with Gasteiger partial charge in [-0.05, 0) is 43.6 Å². The molecule has 2 aliphatic rings. The highest BCUT2D eigenvalue weighted by Crippen LogP contribution is 2.40. The summed E-state index contributed by atoms with van der Waals surface area (Å²) in [5.41, 5.74) is 1.77. The Morgan fingerprint density at radius 1 is 1.24 bits per heavy atom. The molecule has 0 aliphatic heterocycles. The number of aromatic nitrogens is 2. The van der Waals surface area contributed by atoms with Gasteiger partial charge in [-0.1, -0.05) is 39.5 Å². The van der Waals surface area contributed by atoms with Gasteiger partial charge in [-0.2, -0.15) is 5.10 Å². The van der Waals surface area contributed by atoms with E-state index in [1.165, 1.54) is 57.1 Å². The first-order chi connectivity index (χ1) is 10.2. The van der Waals surface area contributed by atoms with E-state index in [9.17, 15) is 0 Å². The third kappa shape index (κ3) is 3.68. The monoisotopic (exact) mass is 289 g/mol. The lowest BCUT2D eigenvalue weighted by molar-refractivity contribution is 0.265. The van der Waals surface area contributed by atoms with Crippen LogP contribution in [0.4, 0.5) is 0 Å². The fourth-order valence-electron chi connectivity index (χ4n) is 4.19. The maximum absolute atomic E-state index is 4.92. The second kappa shape index (κ2) is 6.51. The molecule has 0 amide bonds. The average molecular weight is 289 g/mol. The van der Waals surface area contributed by atoms with E-state index in [1.54, 1.807) is 0 Å². The lowest BCUT2D eigenvalue weighted by Gasteiger charge is -2.29. The van der Waals surface area contributed by atoms with E-state index in [1.807, 2.05) is 0 Å². The summed E-state index contributed by atoms with van der Waals surface area (Å²) in [4.78, 5) is 0. The molecule has 3 nitrogen and oxygen atoms in total. The van der Waals surface area contributed by atoms with Crippen LogP contribution in [0.25, 0.3) is 0 Å². The van der Waals surface area contributed by atoms with E-state index in [4.69, 9.17) is 5.10 Å². The summed E-state index contributed by atoms with van der Waals surface area (Å²) in [7, 11) is 0. The highest BCUT2D eigenvalue weighted by Gasteiger charge is 2.34. The largest absolute Gasteiger partial charge is 0.314 e. The Hall–Kier alpha value is -0.830. The first-order valence-electron chi connectivity index (χ1n) is 8.94. The van der Waals surface area contributed by atoms with Crippen LogP contribution in [0.15, 0.2) is 12.3 Å². The third-order valence-electron chi connectivity index (χ3n) is 5.47. The second-order valence-electron chi connectivity index (χ2n) is 7.64. The van der Waals surface area contributed by atoms with Gasteiger partial charge in [-0.3, -0.25) is 4.68 Å². The molecule has 0 saturated heterocycles. The molecule has 1 aromatic heterocycles. The molecule has 3 rings (SSSR count). The zero-order valence-corrected chi connectivity index (χ0v) is 13.8. The molecule has 2 aliphatic carbocycles. The minimum Gasteiger partial charge on any atom is -0.314 e. The van der Waals surface area contributed by atoms with Gasteiger partial charge in [0.05, 0.1) is 11.7 Å². The van der Waals surface area contributed by atoms with E-state index in [2.05, 4.69) is 36.1 Å². The fourth-order valence-corrected chi connectivity index (χ4v) is 4.19. The summed E-state index contributed by atoms with van der Waals surface area (Å²) >= 11 is 0. The molecule has 118 valence electrons. The second-order valence-corrected chi connectivity index (χ2v) is 7.64. The van der Waals surface area contributed by atoms with Crippen LogP contribution in [-0.2, 0) is 6.42 Å². The summed E-state index contributed by atoms with van der Waals surface area (Å²) in [6.07, 6.45) is 14.3. The van der Waals surface area contributed by atoms with Crippen molar-refractivity contribution in [2.75, 3.05) is 6.54 Å². The van der Waals surface area contributed by atoms with Gasteiger partial charge in [0, 0.05) is 18.8 Å². The first-order valence-corrected chi connectivity index (χ1v) is 8.94. The van der Waals surface area contributed by atoms with Crippen LogP contribution in [-0.4, -0.2) is 22.4 Å². The maximum atomic E-state index is 4.92. The molecule has 1 aromatic rings. The van der Waals surface area contributed by atoms with Gasteiger partial charge >= 0.3 is 0 Å². The van der Waals surface area contributed by atoms with E-state index >= 15 is 0 Å². The van der Waals surface area contributed by atoms with Crippen molar-refractivity contribution in [3.05, 3.63) is 18.0 Å². The van der Waals surface area contributed by atoms with Gasteiger partial charge in [-0.15, -0.1) is 0 Å². The molecule has 1 heterocycles. The van der Waals surface area contributed by atoms with Crippen LogP contribution in [0, 0.1) is 5.41 Å². The summed E-state index contributed by atoms with van der Waals surface area (Å²) in [6, 6.07) is 3.53. The predicted octanol–water partition coefficient (Wildman–Crippen LogP) is 4.10. The van der Waals surface area contributed by atoms with E-state index in [0.717, 1.165) is 13.0 Å². The molecule has 0 spiro atoms. The highest BCUT2D eigenvalue weighted by molar-refractivity contribution is 5.06. The molecule has 0 aromatic carbocycles. The molecular weight excluding hydrogens is 258 g/mol. The van der Waals surface area contributed by atoms with Crippen molar-refractivity contribution in [3.63, 3.8) is 0 Å². The van der Waals surface area contributed by atoms with Crippen LogP contribution in [0.1, 0.15) is 76.9 Å². The third-order valence-corrected chi connectivity index (χ3v) is 5.47. The van der Waals surface area contributed by atoms with Gasteiger partial charge in [-0.25, -0.2) is 0 Å². The molecule has 3 heteroatoms. The fraction of sp³-hybridized carbons (Fsp3) is 0.833. The molecule has 2 fully saturated rings. The minimum atomic E-state index is 0.457. The number of nitrogens with zero attached hydrogens (tertiary/aromatic N) is 2. The van der Waals surface area contributed by atoms with E-state index in [-0.39, 0.29) is 0 Å². The minimum absolute atomic E-state index is 0.457. The summed E-state index contributed by atoms with van der Waals surface area (Å²) in [6.45, 7) is 5.65. The smallest absolute Gasteiger partial charge is 0.0630 e. The van der Waals surface area contributed by atoms with Gasteiger partial charge in [0.25, 0.3) is 0 Å². The van der Waals surface area contributed by atoms with Crippen LogP contribution in [0.5, 0.6) is 0 Å². The van der Waals surface area contributed by atoms with Crippen molar-refractivity contribution in [1.29, 1.82) is 0 Å². The number of nitrogens with one attached hydrogen (secondary N) is 1. The summed E-state index contributed by atoms with van der Waals surface area (Å²) < 4.78 is 2.25. The standard InChI is InChI=1S/C18H31N3/c1-15(2)19-14-18(10-5-6-11-18)13-16-9-12-21(20-16)17-7-3-4-8-17/h9,12,15,17,19H,3-8,10-11,13-14H2,1-2H3. The summed E-state index contributed by atoms with van der Waals surface area (Å²) in [5, 5.41) is 8.59. The molecule has 0 bridgehead atoms. The number of hydrogen-bond acceptors (Lipinski definition) is 2. The predicted molar refractivity (Wildman–Crippen MR) is 87.5 cm³/mol. The molecule has 0 atom stereocenters. The zero-order valence-electron chi connectivity index (χ0n) is 13.8. The van der Waals surface area contributed by atoms with Gasteiger partial charge in [0.15, 0.2) is 0 Å². The number of hydrogen-bond donors (Lipinski definition) is 1. The lowest BCUT2D eigenvalue weighted by atomic mass is 9.81. The Morgan fingerprint density at radius 3 is 2.62 bits per heavy atom. The van der Waals surface area contributed by atoms with Crippen molar-refractivity contribution in [3.8, 4) is 0 Å². The summed E-state index contributed by atoms with van der Waals surface area (Å²) in [5.74, 6) is 0. The van der Waals surface area contributed by atoms with Crippen LogP contribution >= 0.6 is 0 Å². The first kappa shape index (κ1) is 15.1. The van der Waals surface area contributed by atoms with Crippen LogP contribution in [0.3, 0.4) is 0 Å². The molecular formula is C18H31N3. The average Bonchev–Trinajstić information content (AvgIpc) is 3.18. The Morgan fingerprint density at radius 2 is 1.95 bits per heavy atom. The van der Waals surface area contributed by atoms with Crippen LogP contribution < -0.4 is 5.32 Å². The Balaban J connectivity index is 1.65. The van der Waals surface area contributed by atoms with Gasteiger partial charge < -0.3 is 5.32 Å². The lowest BCUT2D eigenvalue weighted by Crippen LogP contribution is -2.37. The van der Waals surface area contributed by atoms with Crippen molar-refractivity contribution < 1.29 is 0 Å². The van der Waals surface area contributed by atoms with Crippen LogP contribution in [0.2, 0.25) is 0 Å². The van der Waals surface area contributed by atoms with Crippen molar-refractivity contribution in [2.45, 2.75) is 83.7 Å². The van der Waals surface area contributed by atoms with Crippen molar-refractivity contribution >= 4 is 0 Å². The quantitative estimate of drug-likeness (QED) is 0.854. The highest BCUT2D eigenvalue weighted by atomic mass is 15.3. The topological polar surface area (TPSA) is 29.9 Å². The maximum Gasteiger partial charge on any atom is 0.0630 e. The van der Waals surface area contributed by atoms with E-state index in [0.29, 0.717) is 17.5 Å². The normalized spacial score (nSPS) is 22.4. The SMILES string of the molecule is CC(C)NCC1(Cc2ccn(C3CCCC3)n2)CCCC1. The Labute approximate surface area is 129 Å². The Kier molecular flexibility index (Phi) is 4.68. The number of rotatable bonds is 6. The molecule has 1 N–H and O–H groups in total. The molecule has 0 radical (unpaired) electrons. The molecule has 21 heavy (non-hydrogen) atoms. The molecule has 0 unspecified atom stereocenters. The van der Waals surface area contributed by atoms with Crippen molar-refractivity contribution in [1.82, 2.24) is 15.1 Å². The zero-order chi connectivity index (χ0) is 14.7. The molecule has 2 saturated carbocycles. The van der Waals surface area contributed by atoms with Gasteiger partial charge in [0.2, 0.25) is 0 Å².